The molecule has 16 heteroatoms. The van der Waals surface area contributed by atoms with Crippen LogP contribution in [0.4, 0.5) is 20.6 Å². The van der Waals surface area contributed by atoms with Gasteiger partial charge < -0.3 is 19.8 Å². The molecule has 1 aromatic heterocycles. The molecule has 1 aliphatic heterocycles. The molecule has 6 rings (SSSR count). The van der Waals surface area contributed by atoms with Crippen molar-refractivity contribution < 1.29 is 31.9 Å². The SMILES string of the molecule is COc1ccc(N(C(=O)Nc2ccc(F)cc2)C(C)c2nc3ccccc3c(=O)n2N2CCN(CCCC(=O)NS(=O)(=O)c3ccccc3)CC2)c(OC)c1. The van der Waals surface area contributed by atoms with Crippen LogP contribution in [-0.2, 0) is 14.8 Å². The molecule has 3 amide bonds. The lowest BCUT2D eigenvalue weighted by Crippen LogP contribution is -2.56. The summed E-state index contributed by atoms with van der Waals surface area (Å²) in [7, 11) is -0.959. The number of rotatable bonds is 13. The largest absolute Gasteiger partial charge is 0.497 e. The summed E-state index contributed by atoms with van der Waals surface area (Å²) in [5.74, 6) is 0.0833. The lowest BCUT2D eigenvalue weighted by Gasteiger charge is -2.39. The Balaban J connectivity index is 1.25. The second kappa shape index (κ2) is 17.0. The van der Waals surface area contributed by atoms with Crippen LogP contribution in [-0.4, -0.2) is 81.9 Å². The van der Waals surface area contributed by atoms with Gasteiger partial charge in [0, 0.05) is 44.4 Å². The van der Waals surface area contributed by atoms with E-state index in [0.717, 1.165) is 0 Å². The zero-order valence-corrected chi connectivity index (χ0v) is 31.5. The van der Waals surface area contributed by atoms with Gasteiger partial charge in [-0.3, -0.25) is 19.4 Å². The number of carbonyl (C=O) groups is 2. The van der Waals surface area contributed by atoms with Crippen LogP contribution in [0, 0.1) is 5.82 Å². The first kappa shape index (κ1) is 38.7. The molecule has 1 saturated heterocycles. The number of hydrogen-bond donors (Lipinski definition) is 2. The number of sulfonamides is 1. The normalized spacial score (nSPS) is 13.9. The van der Waals surface area contributed by atoms with Crippen molar-refractivity contribution in [1.29, 1.82) is 0 Å². The number of halogens is 1. The van der Waals surface area contributed by atoms with Crippen molar-refractivity contribution in [3.63, 3.8) is 0 Å². The van der Waals surface area contributed by atoms with Gasteiger partial charge in [0.15, 0.2) is 5.82 Å². The summed E-state index contributed by atoms with van der Waals surface area (Å²) >= 11 is 0. The van der Waals surface area contributed by atoms with Gasteiger partial charge in [0.1, 0.15) is 17.3 Å². The quantitative estimate of drug-likeness (QED) is 0.169. The van der Waals surface area contributed by atoms with Gasteiger partial charge in [-0.1, -0.05) is 30.3 Å². The van der Waals surface area contributed by atoms with E-state index in [1.54, 1.807) is 67.6 Å². The summed E-state index contributed by atoms with van der Waals surface area (Å²) in [6.07, 6.45) is 0.449. The van der Waals surface area contributed by atoms with Gasteiger partial charge in [0.2, 0.25) is 5.91 Å². The number of carbonyl (C=O) groups excluding carboxylic acids is 2. The molecule has 0 spiro atoms. The van der Waals surface area contributed by atoms with Crippen molar-refractivity contribution in [2.45, 2.75) is 30.7 Å². The van der Waals surface area contributed by atoms with Crippen molar-refractivity contribution in [2.75, 3.05) is 62.2 Å². The number of nitrogens with zero attached hydrogens (tertiary/aromatic N) is 5. The molecule has 1 atom stereocenters. The van der Waals surface area contributed by atoms with Gasteiger partial charge in [-0.15, -0.1) is 0 Å². The van der Waals surface area contributed by atoms with Crippen LogP contribution in [0.3, 0.4) is 0 Å². The second-order valence-electron chi connectivity index (χ2n) is 12.9. The van der Waals surface area contributed by atoms with E-state index in [1.165, 1.54) is 60.2 Å². The monoisotopic (exact) mass is 771 g/mol. The zero-order valence-electron chi connectivity index (χ0n) is 30.6. The minimum absolute atomic E-state index is 0.0198. The minimum atomic E-state index is -3.95. The first-order valence-corrected chi connectivity index (χ1v) is 19.1. The number of nitrogens with one attached hydrogen (secondary N) is 2. The average molecular weight is 772 g/mol. The smallest absolute Gasteiger partial charge is 0.327 e. The maximum absolute atomic E-state index is 14.3. The third-order valence-corrected chi connectivity index (χ3v) is 10.7. The fourth-order valence-electron chi connectivity index (χ4n) is 6.48. The topological polar surface area (TPSA) is 155 Å². The van der Waals surface area contributed by atoms with Crippen LogP contribution < -0.4 is 35.0 Å². The molecule has 0 bridgehead atoms. The van der Waals surface area contributed by atoms with Crippen molar-refractivity contribution in [2.24, 2.45) is 0 Å². The molecule has 2 N–H and O–H groups in total. The van der Waals surface area contributed by atoms with Gasteiger partial charge in [0.25, 0.3) is 15.6 Å². The molecule has 1 fully saturated rings. The van der Waals surface area contributed by atoms with Gasteiger partial charge in [0.05, 0.1) is 41.7 Å². The number of methoxy groups -OCH3 is 2. The molecule has 0 radical (unpaired) electrons. The fourth-order valence-corrected chi connectivity index (χ4v) is 7.51. The number of amides is 3. The summed E-state index contributed by atoms with van der Waals surface area (Å²) in [4.78, 5) is 49.7. The summed E-state index contributed by atoms with van der Waals surface area (Å²) < 4.78 is 53.6. The van der Waals surface area contributed by atoms with Gasteiger partial charge >= 0.3 is 6.03 Å². The van der Waals surface area contributed by atoms with Crippen molar-refractivity contribution in [3.05, 3.63) is 119 Å². The standard InChI is InChI=1S/C39H42FN7O7S/c1-27(46(34-20-19-30(53-2)26-35(34)54-3)39(50)41-29-17-15-28(40)16-18-29)37-42-33-13-8-7-12-32(33)38(49)47(37)45-24-22-44(23-25-45)21-9-14-36(48)43-55(51,52)31-10-5-4-6-11-31/h4-8,10-13,15-20,26-27H,9,14,21-25H2,1-3H3,(H,41,50)(H,43,48). The second-order valence-corrected chi connectivity index (χ2v) is 14.5. The van der Waals surface area contributed by atoms with E-state index in [0.29, 0.717) is 78.7 Å². The van der Waals surface area contributed by atoms with Crippen molar-refractivity contribution >= 4 is 44.2 Å². The Morgan fingerprint density at radius 3 is 2.29 bits per heavy atom. The van der Waals surface area contributed by atoms with E-state index in [2.05, 4.69) is 14.9 Å². The summed E-state index contributed by atoms with van der Waals surface area (Å²) in [5.41, 5.74) is 0.872. The molecular weight excluding hydrogens is 730 g/mol. The van der Waals surface area contributed by atoms with Crippen LogP contribution >= 0.6 is 0 Å². The Kier molecular flexibility index (Phi) is 12.0. The predicted molar refractivity (Wildman–Crippen MR) is 207 cm³/mol. The molecule has 4 aromatic carbocycles. The highest BCUT2D eigenvalue weighted by molar-refractivity contribution is 7.90. The molecule has 0 aliphatic carbocycles. The average Bonchev–Trinajstić information content (AvgIpc) is 3.19. The Bertz CT molecular complexity index is 2320. The fraction of sp³-hybridized carbons (Fsp3) is 0.282. The highest BCUT2D eigenvalue weighted by Gasteiger charge is 2.32. The summed E-state index contributed by atoms with van der Waals surface area (Å²) in [6.45, 7) is 4.22. The number of fused-ring (bicyclic) bond motifs is 1. The van der Waals surface area contributed by atoms with E-state index in [4.69, 9.17) is 14.5 Å². The Labute approximate surface area is 318 Å². The summed E-state index contributed by atoms with van der Waals surface area (Å²) in [6, 6.07) is 23.7. The van der Waals surface area contributed by atoms with Gasteiger partial charge in [-0.05, 0) is 80.6 Å². The van der Waals surface area contributed by atoms with Crippen LogP contribution in [0.5, 0.6) is 11.5 Å². The van der Waals surface area contributed by atoms with Crippen LogP contribution in [0.15, 0.2) is 107 Å². The lowest BCUT2D eigenvalue weighted by molar-refractivity contribution is -0.119. The number of para-hydroxylation sites is 1. The molecule has 2 heterocycles. The van der Waals surface area contributed by atoms with Crippen molar-refractivity contribution in [1.82, 2.24) is 19.3 Å². The number of aromatic nitrogens is 2. The van der Waals surface area contributed by atoms with Gasteiger partial charge in [-0.25, -0.2) is 32.0 Å². The summed E-state index contributed by atoms with van der Waals surface area (Å²) in [5, 5.41) is 5.14. The van der Waals surface area contributed by atoms with E-state index in [9.17, 15) is 27.2 Å². The number of hydrogen-bond acceptors (Lipinski definition) is 10. The van der Waals surface area contributed by atoms with Crippen LogP contribution in [0.25, 0.3) is 10.9 Å². The minimum Gasteiger partial charge on any atom is -0.497 e. The zero-order chi connectivity index (χ0) is 39.1. The Hall–Kier alpha value is -6.00. The highest BCUT2D eigenvalue weighted by atomic mass is 32.2. The van der Waals surface area contributed by atoms with E-state index >= 15 is 0 Å². The van der Waals surface area contributed by atoms with E-state index < -0.39 is 33.8 Å². The van der Waals surface area contributed by atoms with Gasteiger partial charge in [-0.2, -0.15) is 0 Å². The number of piperazine rings is 1. The molecule has 288 valence electrons. The van der Waals surface area contributed by atoms with Crippen molar-refractivity contribution in [3.8, 4) is 11.5 Å². The van der Waals surface area contributed by atoms with E-state index in [-0.39, 0.29) is 16.9 Å². The van der Waals surface area contributed by atoms with Crippen LogP contribution in [0.2, 0.25) is 0 Å². The number of benzene rings is 4. The molecule has 1 unspecified atom stereocenters. The molecule has 14 nitrogen and oxygen atoms in total. The molecule has 55 heavy (non-hydrogen) atoms. The first-order valence-electron chi connectivity index (χ1n) is 17.7. The number of ether oxygens (including phenoxy) is 2. The van der Waals surface area contributed by atoms with Crippen LogP contribution in [0.1, 0.15) is 31.6 Å². The first-order chi connectivity index (χ1) is 26.5. The molecule has 1 aliphatic rings. The number of anilines is 2. The number of urea groups is 1. The maximum Gasteiger partial charge on any atom is 0.327 e. The maximum atomic E-state index is 14.3. The highest BCUT2D eigenvalue weighted by Crippen LogP contribution is 2.37. The molecule has 5 aromatic rings. The third kappa shape index (κ3) is 8.87. The third-order valence-electron chi connectivity index (χ3n) is 9.31. The molecule has 0 saturated carbocycles. The van der Waals surface area contributed by atoms with E-state index in [1.807, 2.05) is 5.01 Å². The Morgan fingerprint density at radius 2 is 1.60 bits per heavy atom. The molecular formula is C39H42FN7O7S. The lowest BCUT2D eigenvalue weighted by atomic mass is 10.1. The Morgan fingerprint density at radius 1 is 0.909 bits per heavy atom. The predicted octanol–water partition coefficient (Wildman–Crippen LogP) is 4.89.